The van der Waals surface area contributed by atoms with Crippen LogP contribution in [0, 0.1) is 0 Å². The molecule has 2 heterocycles. The second kappa shape index (κ2) is 4.94. The third-order valence-electron chi connectivity index (χ3n) is 3.09. The van der Waals surface area contributed by atoms with Crippen LogP contribution in [0.2, 0.25) is 0 Å². The number of pyridine rings is 1. The lowest BCUT2D eigenvalue weighted by atomic mass is 10.0. The van der Waals surface area contributed by atoms with E-state index in [1.807, 2.05) is 23.1 Å². The highest BCUT2D eigenvalue weighted by molar-refractivity contribution is 5.85. The SMILES string of the molecule is CC(C)(N)C(=O)N1CCN(c2ccccn2)CC1. The predicted molar refractivity (Wildman–Crippen MR) is 71.3 cm³/mol. The summed E-state index contributed by atoms with van der Waals surface area (Å²) in [4.78, 5) is 20.4. The van der Waals surface area contributed by atoms with E-state index >= 15 is 0 Å². The maximum absolute atomic E-state index is 12.0. The highest BCUT2D eigenvalue weighted by Crippen LogP contribution is 2.14. The first kappa shape index (κ1) is 12.8. The van der Waals surface area contributed by atoms with Gasteiger partial charge in [-0.3, -0.25) is 4.79 Å². The van der Waals surface area contributed by atoms with Gasteiger partial charge in [0.25, 0.3) is 0 Å². The molecule has 0 radical (unpaired) electrons. The molecule has 2 rings (SSSR count). The number of piperazine rings is 1. The van der Waals surface area contributed by atoms with E-state index in [4.69, 9.17) is 5.73 Å². The van der Waals surface area contributed by atoms with Gasteiger partial charge in [-0.1, -0.05) is 6.07 Å². The quantitative estimate of drug-likeness (QED) is 0.826. The first-order valence-electron chi connectivity index (χ1n) is 6.23. The Hall–Kier alpha value is -1.62. The Morgan fingerprint density at radius 2 is 1.94 bits per heavy atom. The van der Waals surface area contributed by atoms with Crippen LogP contribution in [-0.2, 0) is 4.79 Å². The van der Waals surface area contributed by atoms with Crippen molar-refractivity contribution in [3.63, 3.8) is 0 Å². The van der Waals surface area contributed by atoms with Gasteiger partial charge >= 0.3 is 0 Å². The highest BCUT2D eigenvalue weighted by Gasteiger charge is 2.30. The molecule has 0 saturated carbocycles. The van der Waals surface area contributed by atoms with E-state index in [-0.39, 0.29) is 5.91 Å². The fourth-order valence-corrected chi connectivity index (χ4v) is 2.09. The van der Waals surface area contributed by atoms with Crippen molar-refractivity contribution in [3.8, 4) is 0 Å². The molecule has 2 N–H and O–H groups in total. The molecule has 0 aliphatic carbocycles. The van der Waals surface area contributed by atoms with Crippen LogP contribution in [0.1, 0.15) is 13.8 Å². The van der Waals surface area contributed by atoms with E-state index in [0.29, 0.717) is 13.1 Å². The predicted octanol–water partition coefficient (Wildman–Crippen LogP) is 0.468. The molecule has 0 aromatic carbocycles. The molecule has 5 nitrogen and oxygen atoms in total. The lowest BCUT2D eigenvalue weighted by Gasteiger charge is -2.38. The first-order chi connectivity index (χ1) is 8.48. The fourth-order valence-electron chi connectivity index (χ4n) is 2.09. The number of anilines is 1. The molecule has 1 aromatic rings. The molecular weight excluding hydrogens is 228 g/mol. The summed E-state index contributed by atoms with van der Waals surface area (Å²) in [5.41, 5.74) is 5.05. The van der Waals surface area contributed by atoms with Gasteiger partial charge in [-0.15, -0.1) is 0 Å². The minimum Gasteiger partial charge on any atom is -0.353 e. The molecule has 0 atom stereocenters. The summed E-state index contributed by atoms with van der Waals surface area (Å²) in [6, 6.07) is 5.87. The smallest absolute Gasteiger partial charge is 0.242 e. The maximum atomic E-state index is 12.0. The Labute approximate surface area is 108 Å². The summed E-state index contributed by atoms with van der Waals surface area (Å²) < 4.78 is 0. The monoisotopic (exact) mass is 248 g/mol. The zero-order chi connectivity index (χ0) is 13.2. The zero-order valence-electron chi connectivity index (χ0n) is 11.0. The summed E-state index contributed by atoms with van der Waals surface area (Å²) in [5.74, 6) is 0.986. The molecule has 1 saturated heterocycles. The maximum Gasteiger partial charge on any atom is 0.242 e. The molecule has 5 heteroatoms. The molecule has 98 valence electrons. The van der Waals surface area contributed by atoms with Crippen LogP contribution in [0.3, 0.4) is 0 Å². The number of nitrogens with zero attached hydrogens (tertiary/aromatic N) is 3. The normalized spacial score (nSPS) is 16.8. The highest BCUT2D eigenvalue weighted by atomic mass is 16.2. The van der Waals surface area contributed by atoms with Crippen molar-refractivity contribution in [2.24, 2.45) is 5.73 Å². The lowest BCUT2D eigenvalue weighted by Crippen LogP contribution is -2.57. The number of aromatic nitrogens is 1. The molecule has 0 unspecified atom stereocenters. The Morgan fingerprint density at radius 1 is 1.28 bits per heavy atom. The summed E-state index contributed by atoms with van der Waals surface area (Å²) in [6.45, 7) is 6.52. The standard InChI is InChI=1S/C13H20N4O/c1-13(2,14)12(18)17-9-7-16(8-10-17)11-5-3-4-6-15-11/h3-6H,7-10,14H2,1-2H3. The van der Waals surface area contributed by atoms with Crippen molar-refractivity contribution in [1.29, 1.82) is 0 Å². The zero-order valence-corrected chi connectivity index (χ0v) is 11.0. The van der Waals surface area contributed by atoms with Crippen molar-refractivity contribution in [3.05, 3.63) is 24.4 Å². The van der Waals surface area contributed by atoms with E-state index < -0.39 is 5.54 Å². The van der Waals surface area contributed by atoms with Crippen molar-refractivity contribution >= 4 is 11.7 Å². The van der Waals surface area contributed by atoms with Gasteiger partial charge in [0.1, 0.15) is 5.82 Å². The van der Waals surface area contributed by atoms with Gasteiger partial charge in [0, 0.05) is 32.4 Å². The van der Waals surface area contributed by atoms with Crippen LogP contribution in [0.15, 0.2) is 24.4 Å². The molecule has 1 aliphatic heterocycles. The van der Waals surface area contributed by atoms with E-state index in [2.05, 4.69) is 9.88 Å². The summed E-state index contributed by atoms with van der Waals surface area (Å²) in [7, 11) is 0. The number of carbonyl (C=O) groups excluding carboxylic acids is 1. The number of rotatable bonds is 2. The molecule has 1 aromatic heterocycles. The Kier molecular flexibility index (Phi) is 3.52. The molecule has 1 amide bonds. The van der Waals surface area contributed by atoms with Gasteiger partial charge in [0.05, 0.1) is 5.54 Å². The lowest BCUT2D eigenvalue weighted by molar-refractivity contribution is -0.136. The second-order valence-corrected chi connectivity index (χ2v) is 5.19. The van der Waals surface area contributed by atoms with Gasteiger partial charge in [-0.2, -0.15) is 0 Å². The third kappa shape index (κ3) is 2.79. The Morgan fingerprint density at radius 3 is 2.44 bits per heavy atom. The molecule has 18 heavy (non-hydrogen) atoms. The number of nitrogens with two attached hydrogens (primary N) is 1. The van der Waals surface area contributed by atoms with Gasteiger partial charge in [0.2, 0.25) is 5.91 Å². The van der Waals surface area contributed by atoms with Crippen molar-refractivity contribution in [1.82, 2.24) is 9.88 Å². The third-order valence-corrected chi connectivity index (χ3v) is 3.09. The Balaban J connectivity index is 1.95. The number of hydrogen-bond acceptors (Lipinski definition) is 4. The molecular formula is C13H20N4O. The van der Waals surface area contributed by atoms with E-state index in [1.165, 1.54) is 0 Å². The van der Waals surface area contributed by atoms with Crippen LogP contribution in [0.5, 0.6) is 0 Å². The van der Waals surface area contributed by atoms with Crippen LogP contribution in [-0.4, -0.2) is 47.5 Å². The molecule has 0 bridgehead atoms. The Bertz CT molecular complexity index is 405. The van der Waals surface area contributed by atoms with E-state index in [9.17, 15) is 4.79 Å². The molecule has 1 fully saturated rings. The van der Waals surface area contributed by atoms with Crippen LogP contribution >= 0.6 is 0 Å². The van der Waals surface area contributed by atoms with Gasteiger partial charge in [0.15, 0.2) is 0 Å². The summed E-state index contributed by atoms with van der Waals surface area (Å²) in [5, 5.41) is 0. The first-order valence-corrected chi connectivity index (χ1v) is 6.23. The molecule has 1 aliphatic rings. The number of amides is 1. The average Bonchev–Trinajstić information content (AvgIpc) is 2.38. The van der Waals surface area contributed by atoms with Crippen LogP contribution in [0.25, 0.3) is 0 Å². The van der Waals surface area contributed by atoms with Crippen LogP contribution in [0.4, 0.5) is 5.82 Å². The van der Waals surface area contributed by atoms with Gasteiger partial charge in [-0.05, 0) is 26.0 Å². The van der Waals surface area contributed by atoms with Crippen molar-refractivity contribution in [2.45, 2.75) is 19.4 Å². The average molecular weight is 248 g/mol. The van der Waals surface area contributed by atoms with Crippen molar-refractivity contribution in [2.75, 3.05) is 31.1 Å². The summed E-state index contributed by atoms with van der Waals surface area (Å²) >= 11 is 0. The van der Waals surface area contributed by atoms with E-state index in [1.54, 1.807) is 20.0 Å². The van der Waals surface area contributed by atoms with Gasteiger partial charge in [-0.25, -0.2) is 4.98 Å². The number of hydrogen-bond donors (Lipinski definition) is 1. The topological polar surface area (TPSA) is 62.5 Å². The van der Waals surface area contributed by atoms with Crippen LogP contribution < -0.4 is 10.6 Å². The second-order valence-electron chi connectivity index (χ2n) is 5.19. The molecule has 0 spiro atoms. The summed E-state index contributed by atoms with van der Waals surface area (Å²) in [6.07, 6.45) is 1.79. The minimum absolute atomic E-state index is 0.0168. The fraction of sp³-hybridized carbons (Fsp3) is 0.538. The van der Waals surface area contributed by atoms with Crippen molar-refractivity contribution < 1.29 is 4.79 Å². The minimum atomic E-state index is -0.785. The number of carbonyl (C=O) groups is 1. The largest absolute Gasteiger partial charge is 0.353 e. The van der Waals surface area contributed by atoms with Gasteiger partial charge < -0.3 is 15.5 Å². The van der Waals surface area contributed by atoms with E-state index in [0.717, 1.165) is 18.9 Å².